The van der Waals surface area contributed by atoms with Crippen LogP contribution in [0.1, 0.15) is 15.2 Å². The fourth-order valence-corrected chi connectivity index (χ4v) is 2.70. The summed E-state index contributed by atoms with van der Waals surface area (Å²) in [5, 5.41) is 2.52. The van der Waals surface area contributed by atoms with E-state index in [1.807, 2.05) is 0 Å². The highest BCUT2D eigenvalue weighted by Gasteiger charge is 2.19. The molecule has 0 amide bonds. The van der Waals surface area contributed by atoms with Crippen molar-refractivity contribution in [2.75, 3.05) is 5.73 Å². The number of ketones is 1. The predicted octanol–water partition coefficient (Wildman–Crippen LogP) is 3.87. The Morgan fingerprint density at radius 2 is 1.94 bits per heavy atom. The first-order chi connectivity index (χ1) is 7.61. The number of halogens is 2. The molecule has 2 nitrogen and oxygen atoms in total. The first kappa shape index (κ1) is 11.5. The first-order valence-corrected chi connectivity index (χ1v) is 6.06. The molecule has 0 bridgehead atoms. The Bertz CT molecular complexity index is 530. The average Bonchev–Trinajstić information content (AvgIpc) is 2.64. The molecular formula is C11H7Cl2NOS. The zero-order valence-electron chi connectivity index (χ0n) is 8.04. The molecule has 0 saturated heterocycles. The van der Waals surface area contributed by atoms with Gasteiger partial charge in [-0.2, -0.15) is 0 Å². The molecule has 0 fully saturated rings. The van der Waals surface area contributed by atoms with Gasteiger partial charge in [0.25, 0.3) is 0 Å². The van der Waals surface area contributed by atoms with Gasteiger partial charge in [0.15, 0.2) is 0 Å². The van der Waals surface area contributed by atoms with E-state index in [4.69, 9.17) is 28.9 Å². The van der Waals surface area contributed by atoms with Crippen molar-refractivity contribution in [3.05, 3.63) is 50.1 Å². The molecule has 0 spiro atoms. The molecule has 5 heteroatoms. The summed E-state index contributed by atoms with van der Waals surface area (Å²) in [4.78, 5) is 12.6. The van der Waals surface area contributed by atoms with E-state index in [1.165, 1.54) is 11.3 Å². The van der Waals surface area contributed by atoms with E-state index in [9.17, 15) is 4.79 Å². The van der Waals surface area contributed by atoms with Crippen LogP contribution in [0.5, 0.6) is 0 Å². The topological polar surface area (TPSA) is 43.1 Å². The zero-order valence-corrected chi connectivity index (χ0v) is 10.4. The van der Waals surface area contributed by atoms with E-state index in [1.54, 1.807) is 29.6 Å². The van der Waals surface area contributed by atoms with Crippen LogP contribution in [0.25, 0.3) is 0 Å². The third-order valence-corrected chi connectivity index (χ3v) is 3.75. The molecule has 82 valence electrons. The Kier molecular flexibility index (Phi) is 3.19. The van der Waals surface area contributed by atoms with Crippen molar-refractivity contribution in [3.63, 3.8) is 0 Å². The van der Waals surface area contributed by atoms with Crippen molar-refractivity contribution in [1.82, 2.24) is 0 Å². The second kappa shape index (κ2) is 4.45. The minimum atomic E-state index is -0.233. The standard InChI is InChI=1S/C11H7Cl2NOS/c12-6-2-1-3-8(14)9(6)10(15)11-7(13)4-5-16-11/h1-5H,14H2. The van der Waals surface area contributed by atoms with Crippen LogP contribution in [0.3, 0.4) is 0 Å². The summed E-state index contributed by atoms with van der Waals surface area (Å²) in [5.74, 6) is -0.233. The Balaban J connectivity index is 2.54. The van der Waals surface area contributed by atoms with Crippen molar-refractivity contribution in [2.24, 2.45) is 0 Å². The molecule has 0 aliphatic heterocycles. The van der Waals surface area contributed by atoms with Crippen molar-refractivity contribution in [3.8, 4) is 0 Å². The molecule has 2 N–H and O–H groups in total. The summed E-state index contributed by atoms with van der Waals surface area (Å²) < 4.78 is 0. The number of thiophene rings is 1. The van der Waals surface area contributed by atoms with Gasteiger partial charge in [-0.05, 0) is 23.6 Å². The fraction of sp³-hybridized carbons (Fsp3) is 0. The normalized spacial score (nSPS) is 10.4. The highest BCUT2D eigenvalue weighted by Crippen LogP contribution is 2.30. The van der Waals surface area contributed by atoms with Gasteiger partial charge in [0.05, 0.1) is 20.5 Å². The molecule has 1 aromatic heterocycles. The number of nitrogen functional groups attached to an aromatic ring is 1. The number of hydrogen-bond donors (Lipinski definition) is 1. The van der Waals surface area contributed by atoms with Crippen LogP contribution >= 0.6 is 34.5 Å². The Morgan fingerprint density at radius 1 is 1.19 bits per heavy atom. The molecule has 16 heavy (non-hydrogen) atoms. The number of rotatable bonds is 2. The molecular weight excluding hydrogens is 265 g/mol. The van der Waals surface area contributed by atoms with Gasteiger partial charge in [0.1, 0.15) is 0 Å². The lowest BCUT2D eigenvalue weighted by Crippen LogP contribution is -2.04. The molecule has 0 aliphatic rings. The van der Waals surface area contributed by atoms with E-state index in [0.29, 0.717) is 26.2 Å². The monoisotopic (exact) mass is 271 g/mol. The highest BCUT2D eigenvalue weighted by atomic mass is 35.5. The molecule has 0 unspecified atom stereocenters. The summed E-state index contributed by atoms with van der Waals surface area (Å²) in [7, 11) is 0. The van der Waals surface area contributed by atoms with E-state index in [2.05, 4.69) is 0 Å². The van der Waals surface area contributed by atoms with E-state index in [-0.39, 0.29) is 5.78 Å². The molecule has 1 heterocycles. The highest BCUT2D eigenvalue weighted by molar-refractivity contribution is 7.13. The van der Waals surface area contributed by atoms with Crippen molar-refractivity contribution in [1.29, 1.82) is 0 Å². The number of benzene rings is 1. The second-order valence-electron chi connectivity index (χ2n) is 3.13. The molecule has 0 saturated carbocycles. The van der Waals surface area contributed by atoms with Crippen LogP contribution in [-0.2, 0) is 0 Å². The van der Waals surface area contributed by atoms with Crippen LogP contribution in [0.2, 0.25) is 10.0 Å². The van der Waals surface area contributed by atoms with Crippen molar-refractivity contribution in [2.45, 2.75) is 0 Å². The lowest BCUT2D eigenvalue weighted by atomic mass is 10.1. The lowest BCUT2D eigenvalue weighted by molar-refractivity contribution is 0.104. The van der Waals surface area contributed by atoms with E-state index >= 15 is 0 Å². The quantitative estimate of drug-likeness (QED) is 0.666. The van der Waals surface area contributed by atoms with Gasteiger partial charge in [-0.15, -0.1) is 11.3 Å². The van der Waals surface area contributed by atoms with Crippen molar-refractivity contribution >= 4 is 46.0 Å². The summed E-state index contributed by atoms with van der Waals surface area (Å²) >= 11 is 13.1. The van der Waals surface area contributed by atoms with Gasteiger partial charge in [-0.3, -0.25) is 4.79 Å². The van der Waals surface area contributed by atoms with Crippen LogP contribution in [0.15, 0.2) is 29.6 Å². The van der Waals surface area contributed by atoms with Crippen LogP contribution in [-0.4, -0.2) is 5.78 Å². The van der Waals surface area contributed by atoms with Crippen LogP contribution < -0.4 is 5.73 Å². The number of anilines is 1. The number of nitrogens with two attached hydrogens (primary N) is 1. The predicted molar refractivity (Wildman–Crippen MR) is 68.6 cm³/mol. The van der Waals surface area contributed by atoms with Gasteiger partial charge in [0.2, 0.25) is 5.78 Å². The second-order valence-corrected chi connectivity index (χ2v) is 4.86. The average molecular weight is 272 g/mol. The summed E-state index contributed by atoms with van der Waals surface area (Å²) in [5.41, 5.74) is 6.41. The van der Waals surface area contributed by atoms with E-state index in [0.717, 1.165) is 0 Å². The third-order valence-electron chi connectivity index (χ3n) is 2.10. The largest absolute Gasteiger partial charge is 0.398 e. The van der Waals surface area contributed by atoms with Crippen molar-refractivity contribution < 1.29 is 4.79 Å². The maximum atomic E-state index is 12.1. The zero-order chi connectivity index (χ0) is 11.7. The fourth-order valence-electron chi connectivity index (χ4n) is 1.35. The Hall–Kier alpha value is -1.03. The van der Waals surface area contributed by atoms with E-state index < -0.39 is 0 Å². The lowest BCUT2D eigenvalue weighted by Gasteiger charge is -2.05. The first-order valence-electron chi connectivity index (χ1n) is 4.43. The minimum Gasteiger partial charge on any atom is -0.398 e. The SMILES string of the molecule is Nc1cccc(Cl)c1C(=O)c1sccc1Cl. The third kappa shape index (κ3) is 1.94. The Labute approximate surface area is 107 Å². The minimum absolute atomic E-state index is 0.233. The molecule has 0 atom stereocenters. The molecule has 1 aromatic carbocycles. The summed E-state index contributed by atoms with van der Waals surface area (Å²) in [6.45, 7) is 0. The molecule has 0 radical (unpaired) electrons. The van der Waals surface area contributed by atoms with Gasteiger partial charge >= 0.3 is 0 Å². The van der Waals surface area contributed by atoms with Gasteiger partial charge < -0.3 is 5.73 Å². The summed E-state index contributed by atoms with van der Waals surface area (Å²) in [6.07, 6.45) is 0. The Morgan fingerprint density at radius 3 is 2.50 bits per heavy atom. The smallest absolute Gasteiger partial charge is 0.208 e. The number of carbonyl (C=O) groups excluding carboxylic acids is 1. The maximum Gasteiger partial charge on any atom is 0.208 e. The molecule has 2 aromatic rings. The molecule has 2 rings (SSSR count). The van der Waals surface area contributed by atoms with Crippen LogP contribution in [0.4, 0.5) is 5.69 Å². The van der Waals surface area contributed by atoms with Gasteiger partial charge in [-0.25, -0.2) is 0 Å². The number of hydrogen-bond acceptors (Lipinski definition) is 3. The molecule has 0 aliphatic carbocycles. The van der Waals surface area contributed by atoms with Gasteiger partial charge in [-0.1, -0.05) is 29.3 Å². The number of carbonyl (C=O) groups is 1. The van der Waals surface area contributed by atoms with Crippen LogP contribution in [0, 0.1) is 0 Å². The summed E-state index contributed by atoms with van der Waals surface area (Å²) in [6, 6.07) is 6.64. The maximum absolute atomic E-state index is 12.1. The van der Waals surface area contributed by atoms with Gasteiger partial charge in [0, 0.05) is 5.69 Å².